The average Bonchev–Trinajstić information content (AvgIpc) is 2.98. The van der Waals surface area contributed by atoms with Gasteiger partial charge in [-0.05, 0) is 86.9 Å². The first kappa shape index (κ1) is 21.6. The summed E-state index contributed by atoms with van der Waals surface area (Å²) < 4.78 is 0. The Morgan fingerprint density at radius 2 is 1.97 bits per heavy atom. The minimum absolute atomic E-state index is 0.261. The molecule has 0 radical (unpaired) electrons. The maximum atomic E-state index is 13.2. The van der Waals surface area contributed by atoms with Gasteiger partial charge in [-0.3, -0.25) is 4.79 Å². The van der Waals surface area contributed by atoms with E-state index in [9.17, 15) is 9.90 Å². The zero-order chi connectivity index (χ0) is 21.0. The van der Waals surface area contributed by atoms with Gasteiger partial charge < -0.3 is 5.11 Å². The third-order valence-corrected chi connectivity index (χ3v) is 9.98. The van der Waals surface area contributed by atoms with Crippen molar-refractivity contribution in [3.05, 3.63) is 11.6 Å². The Kier molecular flexibility index (Phi) is 5.59. The van der Waals surface area contributed by atoms with Crippen LogP contribution in [0.1, 0.15) is 105 Å². The van der Waals surface area contributed by atoms with Crippen molar-refractivity contribution in [2.75, 3.05) is 0 Å². The van der Waals surface area contributed by atoms with Gasteiger partial charge in [-0.15, -0.1) is 0 Å². The minimum atomic E-state index is -0.546. The van der Waals surface area contributed by atoms with E-state index in [1.54, 1.807) is 5.57 Å². The molecule has 0 amide bonds. The van der Waals surface area contributed by atoms with Crippen molar-refractivity contribution in [3.63, 3.8) is 0 Å². The molecular weight excluding hydrogens is 356 g/mol. The SMILES string of the molecule is CC(CCCC(C)(C)O)C1CC=C2C3CC(=O)C4CCCCC4(C)C3CCC21C. The summed E-state index contributed by atoms with van der Waals surface area (Å²) in [5.41, 5.74) is 1.69. The lowest BCUT2D eigenvalue weighted by Crippen LogP contribution is -2.54. The third kappa shape index (κ3) is 3.66. The number of rotatable bonds is 5. The zero-order valence-corrected chi connectivity index (χ0v) is 19.6. The number of hydrogen-bond acceptors (Lipinski definition) is 2. The molecule has 4 rings (SSSR count). The van der Waals surface area contributed by atoms with E-state index in [1.165, 1.54) is 44.9 Å². The quantitative estimate of drug-likeness (QED) is 0.521. The second kappa shape index (κ2) is 7.50. The summed E-state index contributed by atoms with van der Waals surface area (Å²) in [5, 5.41) is 10.1. The molecule has 1 N–H and O–H groups in total. The fraction of sp³-hybridized carbons (Fsp3) is 0.889. The summed E-state index contributed by atoms with van der Waals surface area (Å²) in [6, 6.07) is 0. The molecule has 0 aromatic rings. The van der Waals surface area contributed by atoms with Crippen LogP contribution in [0.4, 0.5) is 0 Å². The van der Waals surface area contributed by atoms with Crippen LogP contribution in [0.2, 0.25) is 0 Å². The second-order valence-electron chi connectivity index (χ2n) is 12.3. The van der Waals surface area contributed by atoms with Gasteiger partial charge in [0.25, 0.3) is 0 Å². The Hall–Kier alpha value is -0.630. The van der Waals surface area contributed by atoms with Gasteiger partial charge in [0.2, 0.25) is 0 Å². The first-order valence-electron chi connectivity index (χ1n) is 12.5. The molecule has 4 aliphatic rings. The summed E-state index contributed by atoms with van der Waals surface area (Å²) in [7, 11) is 0. The highest BCUT2D eigenvalue weighted by Crippen LogP contribution is 2.66. The van der Waals surface area contributed by atoms with Gasteiger partial charge in [0.15, 0.2) is 0 Å². The predicted molar refractivity (Wildman–Crippen MR) is 120 cm³/mol. The first-order chi connectivity index (χ1) is 13.6. The molecule has 0 heterocycles. The van der Waals surface area contributed by atoms with Gasteiger partial charge in [-0.25, -0.2) is 0 Å². The van der Waals surface area contributed by atoms with E-state index in [0.717, 1.165) is 31.6 Å². The van der Waals surface area contributed by atoms with Crippen molar-refractivity contribution in [1.82, 2.24) is 0 Å². The normalized spacial score (nSPS) is 43.2. The standard InChI is InChI=1S/C27H44O2/c1-18(9-8-14-25(2,3)29)20-11-12-21-19-17-24(28)23-10-6-7-15-26(23,4)22(19)13-16-27(20,21)5/h12,18-20,22-23,29H,6-11,13-17H2,1-5H3. The zero-order valence-electron chi connectivity index (χ0n) is 19.6. The molecule has 7 atom stereocenters. The molecule has 0 aromatic heterocycles. The van der Waals surface area contributed by atoms with Crippen molar-refractivity contribution < 1.29 is 9.90 Å². The van der Waals surface area contributed by atoms with E-state index >= 15 is 0 Å². The van der Waals surface area contributed by atoms with E-state index < -0.39 is 5.60 Å². The van der Waals surface area contributed by atoms with Gasteiger partial charge in [0.1, 0.15) is 5.78 Å². The summed E-state index contributed by atoms with van der Waals surface area (Å²) in [4.78, 5) is 13.2. The van der Waals surface area contributed by atoms with Crippen LogP contribution in [0.25, 0.3) is 0 Å². The van der Waals surface area contributed by atoms with Gasteiger partial charge in [0, 0.05) is 12.3 Å². The first-order valence-corrected chi connectivity index (χ1v) is 12.5. The maximum Gasteiger partial charge on any atom is 0.137 e. The van der Waals surface area contributed by atoms with Gasteiger partial charge in [-0.2, -0.15) is 0 Å². The van der Waals surface area contributed by atoms with Crippen LogP contribution in [0, 0.1) is 40.4 Å². The molecule has 164 valence electrons. The molecule has 0 spiro atoms. The number of fused-ring (bicyclic) bond motifs is 5. The average molecular weight is 401 g/mol. The molecule has 4 aliphatic carbocycles. The topological polar surface area (TPSA) is 37.3 Å². The largest absolute Gasteiger partial charge is 0.390 e. The van der Waals surface area contributed by atoms with Crippen LogP contribution in [0.15, 0.2) is 11.6 Å². The summed E-state index contributed by atoms with van der Waals surface area (Å²) in [6.45, 7) is 11.3. The van der Waals surface area contributed by atoms with E-state index in [-0.39, 0.29) is 5.41 Å². The Morgan fingerprint density at radius 1 is 1.21 bits per heavy atom. The van der Waals surface area contributed by atoms with Crippen LogP contribution in [-0.2, 0) is 4.79 Å². The molecule has 2 heteroatoms. The molecule has 0 bridgehead atoms. The molecule has 0 saturated heterocycles. The van der Waals surface area contributed by atoms with Crippen molar-refractivity contribution in [3.8, 4) is 0 Å². The number of ketones is 1. The Morgan fingerprint density at radius 3 is 2.69 bits per heavy atom. The molecule has 29 heavy (non-hydrogen) atoms. The van der Waals surface area contributed by atoms with E-state index in [2.05, 4.69) is 26.8 Å². The fourth-order valence-corrected chi connectivity index (χ4v) is 8.39. The van der Waals surface area contributed by atoms with Crippen LogP contribution in [-0.4, -0.2) is 16.5 Å². The van der Waals surface area contributed by atoms with Gasteiger partial charge in [-0.1, -0.05) is 58.1 Å². The Labute approximate surface area is 178 Å². The van der Waals surface area contributed by atoms with E-state index in [4.69, 9.17) is 0 Å². The van der Waals surface area contributed by atoms with Crippen molar-refractivity contribution in [1.29, 1.82) is 0 Å². The smallest absolute Gasteiger partial charge is 0.137 e. The number of hydrogen-bond donors (Lipinski definition) is 1. The second-order valence-corrected chi connectivity index (χ2v) is 12.3. The maximum absolute atomic E-state index is 13.2. The molecular formula is C27H44O2. The number of allylic oxidation sites excluding steroid dienone is 2. The molecule has 2 nitrogen and oxygen atoms in total. The van der Waals surface area contributed by atoms with Gasteiger partial charge >= 0.3 is 0 Å². The summed E-state index contributed by atoms with van der Waals surface area (Å²) in [5.74, 6) is 3.58. The highest BCUT2D eigenvalue weighted by molar-refractivity contribution is 5.84. The van der Waals surface area contributed by atoms with Crippen LogP contribution in [0.3, 0.4) is 0 Å². The van der Waals surface area contributed by atoms with Crippen LogP contribution in [0.5, 0.6) is 0 Å². The monoisotopic (exact) mass is 400 g/mol. The van der Waals surface area contributed by atoms with E-state index in [0.29, 0.717) is 34.9 Å². The fourth-order valence-electron chi connectivity index (χ4n) is 8.39. The Bertz CT molecular complexity index is 671. The number of aliphatic hydroxyl groups is 1. The van der Waals surface area contributed by atoms with Crippen molar-refractivity contribution in [2.24, 2.45) is 40.4 Å². The highest BCUT2D eigenvalue weighted by Gasteiger charge is 2.59. The molecule has 0 aromatic carbocycles. The van der Waals surface area contributed by atoms with Crippen molar-refractivity contribution in [2.45, 2.75) is 111 Å². The van der Waals surface area contributed by atoms with Crippen molar-refractivity contribution >= 4 is 5.78 Å². The molecule has 3 saturated carbocycles. The summed E-state index contributed by atoms with van der Waals surface area (Å²) in [6.07, 6.45) is 15.4. The number of carbonyl (C=O) groups excluding carboxylic acids is 1. The summed E-state index contributed by atoms with van der Waals surface area (Å²) >= 11 is 0. The number of carbonyl (C=O) groups is 1. The van der Waals surface area contributed by atoms with E-state index in [1.807, 2.05) is 13.8 Å². The lowest BCUT2D eigenvalue weighted by Gasteiger charge is -2.58. The lowest BCUT2D eigenvalue weighted by molar-refractivity contribution is -0.143. The van der Waals surface area contributed by atoms with Crippen LogP contribution < -0.4 is 0 Å². The molecule has 0 aliphatic heterocycles. The molecule has 3 fully saturated rings. The molecule has 7 unspecified atom stereocenters. The predicted octanol–water partition coefficient (Wildman–Crippen LogP) is 6.71. The minimum Gasteiger partial charge on any atom is -0.390 e. The van der Waals surface area contributed by atoms with Gasteiger partial charge in [0.05, 0.1) is 5.60 Å². The number of Topliss-reactive ketones (excluding diaryl/α,β-unsaturated/α-hetero) is 1. The lowest BCUT2D eigenvalue weighted by atomic mass is 9.45. The van der Waals surface area contributed by atoms with Crippen LogP contribution >= 0.6 is 0 Å². The third-order valence-electron chi connectivity index (χ3n) is 9.98. The highest BCUT2D eigenvalue weighted by atomic mass is 16.3. The Balaban J connectivity index is 1.50.